The number of anilines is 1. The molecule has 1 amide bonds. The van der Waals surface area contributed by atoms with E-state index in [4.69, 9.17) is 16.3 Å². The van der Waals surface area contributed by atoms with Gasteiger partial charge in [0.05, 0.1) is 10.6 Å². The summed E-state index contributed by atoms with van der Waals surface area (Å²) in [6.45, 7) is 3.37. The van der Waals surface area contributed by atoms with E-state index in [1.54, 1.807) is 0 Å². The summed E-state index contributed by atoms with van der Waals surface area (Å²) in [4.78, 5) is 11.9. The van der Waals surface area contributed by atoms with Gasteiger partial charge in [0.2, 0.25) is 0 Å². The van der Waals surface area contributed by atoms with E-state index in [0.29, 0.717) is 5.75 Å². The lowest BCUT2D eigenvalue weighted by molar-refractivity contribution is -0.137. The molecule has 128 valence electrons. The van der Waals surface area contributed by atoms with E-state index in [0.717, 1.165) is 23.3 Å². The summed E-state index contributed by atoms with van der Waals surface area (Å²) in [5, 5.41) is 1.94. The molecule has 0 aliphatic carbocycles. The van der Waals surface area contributed by atoms with Crippen LogP contribution in [-0.4, -0.2) is 12.5 Å². The molecular formula is C17H15ClF3NO2. The number of carbonyl (C=O) groups is 1. The molecule has 0 fully saturated rings. The number of carbonyl (C=O) groups excluding carboxylic acids is 1. The van der Waals surface area contributed by atoms with Crippen molar-refractivity contribution in [2.45, 2.75) is 20.0 Å². The minimum atomic E-state index is -4.59. The first-order valence-corrected chi connectivity index (χ1v) is 7.42. The Balaban J connectivity index is 2.05. The summed E-state index contributed by atoms with van der Waals surface area (Å²) in [6, 6.07) is 8.73. The average molecular weight is 358 g/mol. The van der Waals surface area contributed by atoms with Crippen LogP contribution in [0.4, 0.5) is 18.9 Å². The number of hydrogen-bond donors (Lipinski definition) is 1. The first-order chi connectivity index (χ1) is 11.2. The predicted molar refractivity (Wildman–Crippen MR) is 86.5 cm³/mol. The minimum absolute atomic E-state index is 0.00169. The number of benzene rings is 2. The molecule has 2 aromatic carbocycles. The molecule has 0 atom stereocenters. The van der Waals surface area contributed by atoms with Crippen LogP contribution in [0.5, 0.6) is 5.75 Å². The number of halogens is 4. The zero-order valence-corrected chi connectivity index (χ0v) is 13.8. The number of amides is 1. The Kier molecular flexibility index (Phi) is 5.39. The molecule has 2 rings (SSSR count). The van der Waals surface area contributed by atoms with Crippen molar-refractivity contribution in [1.29, 1.82) is 0 Å². The zero-order valence-electron chi connectivity index (χ0n) is 13.0. The maximum Gasteiger partial charge on any atom is 0.417 e. The number of hydrogen-bond acceptors (Lipinski definition) is 2. The third kappa shape index (κ3) is 4.41. The first kappa shape index (κ1) is 18.1. The summed E-state index contributed by atoms with van der Waals surface area (Å²) in [5.74, 6) is 0.0211. The Morgan fingerprint density at radius 3 is 2.38 bits per heavy atom. The molecule has 0 aliphatic heterocycles. The normalized spacial score (nSPS) is 11.2. The second-order valence-corrected chi connectivity index (χ2v) is 5.66. The van der Waals surface area contributed by atoms with Gasteiger partial charge in [-0.2, -0.15) is 13.2 Å². The topological polar surface area (TPSA) is 38.3 Å². The molecule has 0 bridgehead atoms. The number of rotatable bonds is 4. The number of alkyl halides is 3. The second kappa shape index (κ2) is 7.13. The average Bonchev–Trinajstić information content (AvgIpc) is 2.47. The van der Waals surface area contributed by atoms with Gasteiger partial charge in [-0.3, -0.25) is 4.79 Å². The fourth-order valence-electron chi connectivity index (χ4n) is 2.18. The Morgan fingerprint density at radius 1 is 1.17 bits per heavy atom. The van der Waals surface area contributed by atoms with Crippen LogP contribution in [0.3, 0.4) is 0 Å². The van der Waals surface area contributed by atoms with E-state index >= 15 is 0 Å². The molecule has 0 unspecified atom stereocenters. The van der Waals surface area contributed by atoms with Crippen LogP contribution in [0.25, 0.3) is 0 Å². The molecule has 0 spiro atoms. The highest BCUT2D eigenvalue weighted by atomic mass is 35.5. The molecular weight excluding hydrogens is 343 g/mol. The molecule has 0 saturated carbocycles. The third-order valence-corrected chi connectivity index (χ3v) is 3.64. The molecule has 0 aromatic heterocycles. The summed E-state index contributed by atoms with van der Waals surface area (Å²) in [6.07, 6.45) is -4.59. The molecule has 0 heterocycles. The predicted octanol–water partition coefficient (Wildman–Crippen LogP) is 4.99. The van der Waals surface area contributed by atoms with Crippen LogP contribution in [0.1, 0.15) is 16.7 Å². The highest BCUT2D eigenvalue weighted by Crippen LogP contribution is 2.36. The lowest BCUT2D eigenvalue weighted by Gasteiger charge is -2.13. The molecule has 0 radical (unpaired) electrons. The van der Waals surface area contributed by atoms with Gasteiger partial charge in [-0.1, -0.05) is 29.8 Å². The van der Waals surface area contributed by atoms with Gasteiger partial charge in [0, 0.05) is 5.69 Å². The number of aryl methyl sites for hydroxylation is 2. The number of ether oxygens (including phenoxy) is 1. The fraction of sp³-hybridized carbons (Fsp3) is 0.235. The van der Waals surface area contributed by atoms with Crippen molar-refractivity contribution in [2.24, 2.45) is 0 Å². The van der Waals surface area contributed by atoms with Crippen LogP contribution in [0.2, 0.25) is 5.02 Å². The van der Waals surface area contributed by atoms with Gasteiger partial charge in [-0.05, 0) is 43.2 Å². The molecule has 2 aromatic rings. The summed E-state index contributed by atoms with van der Waals surface area (Å²) >= 11 is 5.54. The van der Waals surface area contributed by atoms with Crippen molar-refractivity contribution in [3.63, 3.8) is 0 Å². The largest absolute Gasteiger partial charge is 0.483 e. The molecule has 24 heavy (non-hydrogen) atoms. The van der Waals surface area contributed by atoms with Crippen molar-refractivity contribution in [2.75, 3.05) is 11.9 Å². The Bertz CT molecular complexity index is 740. The molecule has 1 N–H and O–H groups in total. The Labute approximate surface area is 142 Å². The van der Waals surface area contributed by atoms with E-state index < -0.39 is 22.7 Å². The summed E-state index contributed by atoms with van der Waals surface area (Å²) < 4.78 is 43.9. The highest BCUT2D eigenvalue weighted by molar-refractivity contribution is 6.31. The van der Waals surface area contributed by atoms with Gasteiger partial charge in [0.25, 0.3) is 5.91 Å². The van der Waals surface area contributed by atoms with Crippen molar-refractivity contribution >= 4 is 23.2 Å². The van der Waals surface area contributed by atoms with Gasteiger partial charge < -0.3 is 10.1 Å². The monoisotopic (exact) mass is 357 g/mol. The zero-order chi connectivity index (χ0) is 17.9. The van der Waals surface area contributed by atoms with Crippen LogP contribution in [0, 0.1) is 13.8 Å². The minimum Gasteiger partial charge on any atom is -0.483 e. The van der Waals surface area contributed by atoms with Crippen LogP contribution < -0.4 is 10.1 Å². The van der Waals surface area contributed by atoms with Gasteiger partial charge in [0.1, 0.15) is 5.75 Å². The van der Waals surface area contributed by atoms with E-state index in [-0.39, 0.29) is 12.3 Å². The van der Waals surface area contributed by atoms with Crippen LogP contribution in [0.15, 0.2) is 36.4 Å². The smallest absolute Gasteiger partial charge is 0.417 e. The summed E-state index contributed by atoms with van der Waals surface area (Å²) in [5.41, 5.74) is 0.738. The maximum atomic E-state index is 12.8. The third-order valence-electron chi connectivity index (χ3n) is 3.31. The van der Waals surface area contributed by atoms with Gasteiger partial charge >= 0.3 is 6.18 Å². The van der Waals surface area contributed by atoms with Crippen molar-refractivity contribution in [3.8, 4) is 5.75 Å². The lowest BCUT2D eigenvalue weighted by atomic mass is 10.1. The molecule has 3 nitrogen and oxygen atoms in total. The number of nitrogens with one attached hydrogen (secondary N) is 1. The quantitative estimate of drug-likeness (QED) is 0.836. The lowest BCUT2D eigenvalue weighted by Crippen LogP contribution is -2.21. The van der Waals surface area contributed by atoms with Crippen LogP contribution in [-0.2, 0) is 11.0 Å². The maximum absolute atomic E-state index is 12.8. The Hall–Kier alpha value is -2.21. The molecule has 0 saturated heterocycles. The van der Waals surface area contributed by atoms with E-state index in [2.05, 4.69) is 5.32 Å². The SMILES string of the molecule is Cc1cccc(C)c1OCC(=O)Nc1ccc(Cl)c(C(F)(F)F)c1. The van der Waals surface area contributed by atoms with E-state index in [1.807, 2.05) is 32.0 Å². The second-order valence-electron chi connectivity index (χ2n) is 5.25. The van der Waals surface area contributed by atoms with Crippen molar-refractivity contribution < 1.29 is 22.7 Å². The van der Waals surface area contributed by atoms with Crippen molar-refractivity contribution in [1.82, 2.24) is 0 Å². The molecule has 7 heteroatoms. The van der Waals surface area contributed by atoms with Gasteiger partial charge in [-0.15, -0.1) is 0 Å². The van der Waals surface area contributed by atoms with Crippen LogP contribution >= 0.6 is 11.6 Å². The number of para-hydroxylation sites is 1. The highest BCUT2D eigenvalue weighted by Gasteiger charge is 2.33. The fourth-order valence-corrected chi connectivity index (χ4v) is 2.41. The van der Waals surface area contributed by atoms with E-state index in [9.17, 15) is 18.0 Å². The van der Waals surface area contributed by atoms with Gasteiger partial charge in [-0.25, -0.2) is 0 Å². The molecule has 0 aliphatic rings. The van der Waals surface area contributed by atoms with E-state index in [1.165, 1.54) is 6.07 Å². The Morgan fingerprint density at radius 2 is 1.79 bits per heavy atom. The first-order valence-electron chi connectivity index (χ1n) is 7.04. The van der Waals surface area contributed by atoms with Gasteiger partial charge in [0.15, 0.2) is 6.61 Å². The summed E-state index contributed by atoms with van der Waals surface area (Å²) in [7, 11) is 0. The van der Waals surface area contributed by atoms with Crippen molar-refractivity contribution in [3.05, 3.63) is 58.1 Å². The standard InChI is InChI=1S/C17H15ClF3NO2/c1-10-4-3-5-11(2)16(10)24-9-15(23)22-12-6-7-14(18)13(8-12)17(19,20)21/h3-8H,9H2,1-2H3,(H,22,23).